The highest BCUT2D eigenvalue weighted by Crippen LogP contribution is 2.27. The molecule has 1 fully saturated rings. The topological polar surface area (TPSA) is 66.5 Å². The number of hydrogen-bond donors (Lipinski definition) is 1. The fourth-order valence-corrected chi connectivity index (χ4v) is 3.03. The molecule has 0 atom stereocenters. The summed E-state index contributed by atoms with van der Waals surface area (Å²) in [5, 5.41) is 0. The molecule has 106 valence electrons. The maximum Gasteiger partial charge on any atom is 0.244 e. The van der Waals surface area contributed by atoms with E-state index in [2.05, 4.69) is 10.6 Å². The fraction of sp³-hybridized carbons (Fsp3) is 0.357. The van der Waals surface area contributed by atoms with Gasteiger partial charge in [-0.05, 0) is 37.1 Å². The number of amides is 1. The van der Waals surface area contributed by atoms with Crippen molar-refractivity contribution in [1.82, 2.24) is 0 Å². The Balaban J connectivity index is 2.22. The molecule has 0 bridgehead atoms. The van der Waals surface area contributed by atoms with E-state index in [0.29, 0.717) is 18.7 Å². The largest absolute Gasteiger partial charge is 0.312 e. The van der Waals surface area contributed by atoms with E-state index in [0.717, 1.165) is 17.7 Å². The Labute approximate surface area is 119 Å². The molecule has 0 aromatic heterocycles. The molecular formula is C14H16N2O3S. The van der Waals surface area contributed by atoms with E-state index in [1.54, 1.807) is 23.1 Å². The number of benzene rings is 1. The average molecular weight is 292 g/mol. The van der Waals surface area contributed by atoms with Gasteiger partial charge < -0.3 is 4.90 Å². The first kappa shape index (κ1) is 14.4. The van der Waals surface area contributed by atoms with Crippen LogP contribution in [0.4, 0.5) is 11.4 Å². The molecule has 5 nitrogen and oxygen atoms in total. The third-order valence-electron chi connectivity index (χ3n) is 3.11. The highest BCUT2D eigenvalue weighted by molar-refractivity contribution is 7.92. The lowest BCUT2D eigenvalue weighted by atomic mass is 10.1. The molecule has 0 spiro atoms. The van der Waals surface area contributed by atoms with Crippen LogP contribution in [0.2, 0.25) is 0 Å². The molecule has 1 aromatic carbocycles. The van der Waals surface area contributed by atoms with Gasteiger partial charge in [0.25, 0.3) is 0 Å². The Morgan fingerprint density at radius 2 is 2.20 bits per heavy atom. The average Bonchev–Trinajstić information content (AvgIpc) is 2.75. The van der Waals surface area contributed by atoms with Gasteiger partial charge in [-0.25, -0.2) is 8.42 Å². The second kappa shape index (κ2) is 5.55. The minimum atomic E-state index is -3.51. The maximum atomic E-state index is 11.7. The molecule has 0 radical (unpaired) electrons. The van der Waals surface area contributed by atoms with E-state index in [-0.39, 0.29) is 11.7 Å². The monoisotopic (exact) mass is 292 g/mol. The Bertz CT molecular complexity index is 674. The van der Waals surface area contributed by atoms with E-state index in [1.165, 1.54) is 0 Å². The highest BCUT2D eigenvalue weighted by atomic mass is 32.2. The van der Waals surface area contributed by atoms with Crippen molar-refractivity contribution in [3.63, 3.8) is 0 Å². The smallest absolute Gasteiger partial charge is 0.244 e. The molecule has 1 aromatic rings. The number of carbonyl (C=O) groups is 1. The quantitative estimate of drug-likeness (QED) is 0.855. The van der Waals surface area contributed by atoms with Crippen molar-refractivity contribution in [2.45, 2.75) is 19.8 Å². The van der Waals surface area contributed by atoms with Gasteiger partial charge in [0, 0.05) is 24.3 Å². The third kappa shape index (κ3) is 3.11. The molecular weight excluding hydrogens is 276 g/mol. The molecule has 0 unspecified atom stereocenters. The Morgan fingerprint density at radius 3 is 2.75 bits per heavy atom. The van der Waals surface area contributed by atoms with Crippen LogP contribution in [0.15, 0.2) is 18.2 Å². The Kier molecular flexibility index (Phi) is 4.00. The molecule has 1 N–H and O–H groups in total. The number of rotatable bonds is 4. The number of sulfonamides is 1. The number of hydrogen-bond acceptors (Lipinski definition) is 3. The lowest BCUT2D eigenvalue weighted by Crippen LogP contribution is -2.24. The number of nitrogens with zero attached hydrogens (tertiary/aromatic N) is 1. The van der Waals surface area contributed by atoms with Crippen LogP contribution >= 0.6 is 0 Å². The van der Waals surface area contributed by atoms with Crippen LogP contribution < -0.4 is 9.62 Å². The molecule has 6 heteroatoms. The molecule has 0 aliphatic carbocycles. The first-order valence-electron chi connectivity index (χ1n) is 6.28. The standard InChI is InChI=1S/C14H16N2O3S/c1-3-9-20(18,19)15-12-6-7-13(11(2)10-12)16-8-4-5-14(16)17/h1,6-7,10,15H,4-5,8-9H2,2H3. The summed E-state index contributed by atoms with van der Waals surface area (Å²) in [4.78, 5) is 13.4. The minimum absolute atomic E-state index is 0.105. The van der Waals surface area contributed by atoms with E-state index in [4.69, 9.17) is 6.42 Å². The molecule has 1 heterocycles. The van der Waals surface area contributed by atoms with Gasteiger partial charge in [0.15, 0.2) is 0 Å². The fourth-order valence-electron chi connectivity index (χ4n) is 2.25. The third-order valence-corrected chi connectivity index (χ3v) is 4.20. The van der Waals surface area contributed by atoms with Crippen LogP contribution in [0, 0.1) is 19.3 Å². The number of aryl methyl sites for hydroxylation is 1. The summed E-state index contributed by atoms with van der Waals surface area (Å²) in [6, 6.07) is 5.10. The van der Waals surface area contributed by atoms with Crippen molar-refractivity contribution < 1.29 is 13.2 Å². The lowest BCUT2D eigenvalue weighted by Gasteiger charge is -2.19. The second-order valence-corrected chi connectivity index (χ2v) is 6.44. The summed E-state index contributed by atoms with van der Waals surface area (Å²) in [6.45, 7) is 2.56. The first-order valence-corrected chi connectivity index (χ1v) is 7.93. The van der Waals surface area contributed by atoms with Crippen LogP contribution in [0.5, 0.6) is 0 Å². The van der Waals surface area contributed by atoms with Crippen molar-refractivity contribution in [2.24, 2.45) is 0 Å². The summed E-state index contributed by atoms with van der Waals surface area (Å²) >= 11 is 0. The molecule has 1 saturated heterocycles. The van der Waals surface area contributed by atoms with Crippen LogP contribution in [-0.2, 0) is 14.8 Å². The lowest BCUT2D eigenvalue weighted by molar-refractivity contribution is -0.117. The summed E-state index contributed by atoms with van der Waals surface area (Å²) < 4.78 is 25.6. The molecule has 20 heavy (non-hydrogen) atoms. The van der Waals surface area contributed by atoms with E-state index in [9.17, 15) is 13.2 Å². The summed E-state index contributed by atoms with van der Waals surface area (Å²) in [7, 11) is -3.51. The zero-order chi connectivity index (χ0) is 14.8. The predicted molar refractivity (Wildman–Crippen MR) is 79.0 cm³/mol. The second-order valence-electron chi connectivity index (χ2n) is 4.72. The van der Waals surface area contributed by atoms with Crippen molar-refractivity contribution in [3.8, 4) is 12.3 Å². The molecule has 1 aliphatic heterocycles. The molecule has 1 amide bonds. The van der Waals surface area contributed by atoms with Gasteiger partial charge in [-0.2, -0.15) is 0 Å². The van der Waals surface area contributed by atoms with E-state index in [1.807, 2.05) is 6.92 Å². The Morgan fingerprint density at radius 1 is 1.45 bits per heavy atom. The van der Waals surface area contributed by atoms with Crippen molar-refractivity contribution in [1.29, 1.82) is 0 Å². The zero-order valence-corrected chi connectivity index (χ0v) is 12.0. The molecule has 0 saturated carbocycles. The summed E-state index contributed by atoms with van der Waals surface area (Å²) in [5.74, 6) is 1.84. The zero-order valence-electron chi connectivity index (χ0n) is 11.2. The Hall–Kier alpha value is -2.00. The SMILES string of the molecule is C#CCS(=O)(=O)Nc1ccc(N2CCCC2=O)c(C)c1. The molecule has 2 rings (SSSR count). The number of terminal acetylenes is 1. The number of carbonyl (C=O) groups excluding carboxylic acids is 1. The number of anilines is 2. The van der Waals surface area contributed by atoms with Crippen LogP contribution in [-0.4, -0.2) is 26.6 Å². The van der Waals surface area contributed by atoms with Crippen molar-refractivity contribution >= 4 is 27.3 Å². The minimum Gasteiger partial charge on any atom is -0.312 e. The van der Waals surface area contributed by atoms with Gasteiger partial charge in [0.05, 0.1) is 0 Å². The predicted octanol–water partition coefficient (Wildman–Crippen LogP) is 1.50. The highest BCUT2D eigenvalue weighted by Gasteiger charge is 2.23. The maximum absolute atomic E-state index is 11.7. The van der Waals surface area contributed by atoms with Gasteiger partial charge in [0.1, 0.15) is 5.75 Å². The van der Waals surface area contributed by atoms with Crippen molar-refractivity contribution in [2.75, 3.05) is 21.9 Å². The summed E-state index contributed by atoms with van der Waals surface area (Å²) in [6.07, 6.45) is 6.43. The van der Waals surface area contributed by atoms with Gasteiger partial charge in [-0.15, -0.1) is 6.42 Å². The van der Waals surface area contributed by atoms with Gasteiger partial charge >= 0.3 is 0 Å². The van der Waals surface area contributed by atoms with Crippen LogP contribution in [0.3, 0.4) is 0 Å². The normalized spacial score (nSPS) is 15.2. The molecule has 1 aliphatic rings. The summed E-state index contributed by atoms with van der Waals surface area (Å²) in [5.41, 5.74) is 2.13. The van der Waals surface area contributed by atoms with E-state index >= 15 is 0 Å². The van der Waals surface area contributed by atoms with Crippen LogP contribution in [0.1, 0.15) is 18.4 Å². The van der Waals surface area contributed by atoms with Crippen molar-refractivity contribution in [3.05, 3.63) is 23.8 Å². The van der Waals surface area contributed by atoms with Gasteiger partial charge in [-0.1, -0.05) is 5.92 Å². The van der Waals surface area contributed by atoms with Gasteiger partial charge in [0.2, 0.25) is 15.9 Å². The van der Waals surface area contributed by atoms with E-state index < -0.39 is 10.0 Å². The van der Waals surface area contributed by atoms with Crippen LogP contribution in [0.25, 0.3) is 0 Å². The van der Waals surface area contributed by atoms with Gasteiger partial charge in [-0.3, -0.25) is 9.52 Å². The number of nitrogens with one attached hydrogen (secondary N) is 1. The first-order chi connectivity index (χ1) is 9.43.